The average Bonchev–Trinajstić information content (AvgIpc) is 2.59. The lowest BCUT2D eigenvalue weighted by molar-refractivity contribution is -0.137. The molecule has 1 heterocycles. The fourth-order valence-electron chi connectivity index (χ4n) is 2.54. The molecule has 0 saturated heterocycles. The molecule has 2 N–H and O–H groups in total. The fourth-order valence-corrected chi connectivity index (χ4v) is 2.54. The normalized spacial score (nSPS) is 12.0. The van der Waals surface area contributed by atoms with Crippen LogP contribution in [0.3, 0.4) is 0 Å². The minimum atomic E-state index is -4.64. The van der Waals surface area contributed by atoms with Crippen molar-refractivity contribution in [2.24, 2.45) is 0 Å². The third-order valence-electron chi connectivity index (χ3n) is 3.78. The van der Waals surface area contributed by atoms with Gasteiger partial charge in [-0.05, 0) is 23.3 Å². The molecule has 0 fully saturated rings. The molecular weight excluding hydrogens is 347 g/mol. The Morgan fingerprint density at radius 3 is 2.35 bits per heavy atom. The smallest absolute Gasteiger partial charge is 0.416 e. The molecule has 0 radical (unpaired) electrons. The van der Waals surface area contributed by atoms with E-state index in [-0.39, 0.29) is 16.5 Å². The number of pyridine rings is 1. The van der Waals surface area contributed by atoms with Crippen molar-refractivity contribution in [3.05, 3.63) is 81.1 Å². The Labute approximate surface area is 145 Å². The van der Waals surface area contributed by atoms with Gasteiger partial charge in [-0.1, -0.05) is 42.5 Å². The summed E-state index contributed by atoms with van der Waals surface area (Å²) < 4.78 is 39.5. The molecule has 3 aromatic rings. The number of fused-ring (bicyclic) bond motifs is 1. The van der Waals surface area contributed by atoms with E-state index in [9.17, 15) is 22.8 Å². The quantitative estimate of drug-likeness (QED) is 0.681. The van der Waals surface area contributed by atoms with Crippen LogP contribution in [0.5, 0.6) is 0 Å². The van der Waals surface area contributed by atoms with Gasteiger partial charge in [0, 0.05) is 11.5 Å². The van der Waals surface area contributed by atoms with Crippen LogP contribution in [0.15, 0.2) is 53.3 Å². The molecule has 1 aromatic heterocycles. The van der Waals surface area contributed by atoms with Gasteiger partial charge in [0.05, 0.1) is 11.1 Å². The largest absolute Gasteiger partial charge is 0.477 e. The summed E-state index contributed by atoms with van der Waals surface area (Å²) in [6, 6.07) is 11.2. The lowest BCUT2D eigenvalue weighted by atomic mass is 10.0. The van der Waals surface area contributed by atoms with Crippen LogP contribution in [0.2, 0.25) is 0 Å². The van der Waals surface area contributed by atoms with Crippen molar-refractivity contribution in [1.82, 2.24) is 4.98 Å². The van der Waals surface area contributed by atoms with Gasteiger partial charge in [-0.2, -0.15) is 13.2 Å². The number of carboxylic acids is 1. The fraction of sp³-hybridized carbons (Fsp3) is 0.0526. The second kappa shape index (κ2) is 6.51. The molecule has 0 aliphatic rings. The molecule has 7 heteroatoms. The first-order chi connectivity index (χ1) is 12.3. The van der Waals surface area contributed by atoms with Crippen molar-refractivity contribution < 1.29 is 23.1 Å². The third-order valence-corrected chi connectivity index (χ3v) is 3.78. The molecule has 26 heavy (non-hydrogen) atoms. The highest BCUT2D eigenvalue weighted by atomic mass is 19.4. The molecule has 2 aromatic carbocycles. The predicted molar refractivity (Wildman–Crippen MR) is 91.9 cm³/mol. The van der Waals surface area contributed by atoms with E-state index in [1.165, 1.54) is 6.08 Å². The molecule has 0 amide bonds. The van der Waals surface area contributed by atoms with Crippen LogP contribution in [0.4, 0.5) is 13.2 Å². The Bertz CT molecular complexity index is 1070. The van der Waals surface area contributed by atoms with Crippen LogP contribution in [0.25, 0.3) is 23.1 Å². The maximum absolute atomic E-state index is 13.2. The summed E-state index contributed by atoms with van der Waals surface area (Å²) >= 11 is 0. The van der Waals surface area contributed by atoms with Gasteiger partial charge < -0.3 is 10.1 Å². The van der Waals surface area contributed by atoms with Gasteiger partial charge in [0.2, 0.25) is 0 Å². The van der Waals surface area contributed by atoms with E-state index in [1.54, 1.807) is 36.4 Å². The maximum atomic E-state index is 13.2. The zero-order valence-electron chi connectivity index (χ0n) is 13.2. The number of aromatic amines is 1. The Kier molecular flexibility index (Phi) is 4.38. The highest BCUT2D eigenvalue weighted by Gasteiger charge is 2.31. The molecule has 0 unspecified atom stereocenters. The zero-order valence-corrected chi connectivity index (χ0v) is 13.2. The van der Waals surface area contributed by atoms with Crippen molar-refractivity contribution >= 4 is 29.0 Å². The monoisotopic (exact) mass is 359 g/mol. The minimum Gasteiger partial charge on any atom is -0.477 e. The number of alkyl halides is 3. The predicted octanol–water partition coefficient (Wildman–Crippen LogP) is 4.42. The number of rotatable bonds is 3. The second-order valence-corrected chi connectivity index (χ2v) is 5.58. The molecule has 0 saturated carbocycles. The van der Waals surface area contributed by atoms with Crippen molar-refractivity contribution in [3.63, 3.8) is 0 Å². The number of hydrogen-bond acceptors (Lipinski definition) is 2. The van der Waals surface area contributed by atoms with E-state index in [0.29, 0.717) is 0 Å². The van der Waals surface area contributed by atoms with Crippen molar-refractivity contribution in [3.8, 4) is 0 Å². The number of carbonyl (C=O) groups is 1. The van der Waals surface area contributed by atoms with Crippen LogP contribution in [-0.4, -0.2) is 16.1 Å². The Balaban J connectivity index is 2.28. The van der Waals surface area contributed by atoms with Crippen LogP contribution in [0, 0.1) is 0 Å². The van der Waals surface area contributed by atoms with Gasteiger partial charge in [0.15, 0.2) is 5.43 Å². The summed E-state index contributed by atoms with van der Waals surface area (Å²) in [6.45, 7) is 0. The number of halogens is 3. The molecule has 0 aliphatic carbocycles. The topological polar surface area (TPSA) is 70.2 Å². The number of hydrogen-bond donors (Lipinski definition) is 2. The molecular formula is C19H12F3NO3. The summed E-state index contributed by atoms with van der Waals surface area (Å²) in [6.07, 6.45) is -1.64. The van der Waals surface area contributed by atoms with E-state index in [0.717, 1.165) is 23.8 Å². The Morgan fingerprint density at radius 1 is 1.04 bits per heavy atom. The van der Waals surface area contributed by atoms with Crippen LogP contribution in [-0.2, 0) is 6.18 Å². The zero-order chi connectivity index (χ0) is 18.9. The first-order valence-electron chi connectivity index (χ1n) is 7.50. The van der Waals surface area contributed by atoms with Crippen LogP contribution < -0.4 is 5.43 Å². The van der Waals surface area contributed by atoms with Crippen molar-refractivity contribution in [2.45, 2.75) is 6.18 Å². The Morgan fingerprint density at radius 2 is 1.73 bits per heavy atom. The molecule has 0 spiro atoms. The summed E-state index contributed by atoms with van der Waals surface area (Å²) in [5.74, 6) is -1.37. The van der Waals surface area contributed by atoms with Gasteiger partial charge >= 0.3 is 12.1 Å². The lowest BCUT2D eigenvalue weighted by Crippen LogP contribution is -2.12. The summed E-state index contributed by atoms with van der Waals surface area (Å²) in [7, 11) is 0. The van der Waals surface area contributed by atoms with Gasteiger partial charge in [-0.15, -0.1) is 0 Å². The number of aromatic nitrogens is 1. The highest BCUT2D eigenvalue weighted by molar-refractivity contribution is 5.94. The van der Waals surface area contributed by atoms with Gasteiger partial charge in [-0.3, -0.25) is 4.79 Å². The minimum absolute atomic E-state index is 0.0371. The third kappa shape index (κ3) is 3.51. The van der Waals surface area contributed by atoms with Crippen molar-refractivity contribution in [2.75, 3.05) is 0 Å². The first kappa shape index (κ1) is 17.5. The SMILES string of the molecule is O=C(O)c1cc(=O)c2cc(C(F)(F)F)cc(/C=C/c3ccccc3)c2[nH]1. The standard InChI is InChI=1S/C19H12F3NO3/c20-19(21,22)13-8-12(7-6-11-4-2-1-3-5-11)17-14(9-13)16(24)10-15(23-17)18(25)26/h1-10H,(H,23,24)(H,25,26)/b7-6+. The van der Waals surface area contributed by atoms with Gasteiger partial charge in [0.1, 0.15) is 5.69 Å². The molecule has 0 atom stereocenters. The number of nitrogens with one attached hydrogen (secondary N) is 1. The lowest BCUT2D eigenvalue weighted by Gasteiger charge is -2.11. The number of benzene rings is 2. The summed E-state index contributed by atoms with van der Waals surface area (Å²) in [5, 5.41) is 8.86. The molecule has 4 nitrogen and oxygen atoms in total. The first-order valence-corrected chi connectivity index (χ1v) is 7.50. The van der Waals surface area contributed by atoms with E-state index < -0.39 is 28.8 Å². The van der Waals surface area contributed by atoms with E-state index in [4.69, 9.17) is 5.11 Å². The molecule has 0 aliphatic heterocycles. The van der Waals surface area contributed by atoms with Gasteiger partial charge in [-0.25, -0.2) is 4.79 Å². The molecule has 132 valence electrons. The molecule has 0 bridgehead atoms. The summed E-state index contributed by atoms with van der Waals surface area (Å²) in [5.41, 5.74) is -1.32. The second-order valence-electron chi connectivity index (χ2n) is 5.58. The highest BCUT2D eigenvalue weighted by Crippen LogP contribution is 2.32. The Hall–Kier alpha value is -3.35. The average molecular weight is 359 g/mol. The van der Waals surface area contributed by atoms with E-state index in [2.05, 4.69) is 4.98 Å². The van der Waals surface area contributed by atoms with Crippen LogP contribution >= 0.6 is 0 Å². The molecule has 3 rings (SSSR count). The number of H-pyrrole nitrogens is 1. The maximum Gasteiger partial charge on any atom is 0.416 e. The summed E-state index contributed by atoms with van der Waals surface area (Å²) in [4.78, 5) is 25.8. The number of aromatic carboxylic acids is 1. The van der Waals surface area contributed by atoms with Crippen LogP contribution in [0.1, 0.15) is 27.2 Å². The van der Waals surface area contributed by atoms with Gasteiger partial charge in [0.25, 0.3) is 0 Å². The van der Waals surface area contributed by atoms with E-state index in [1.807, 2.05) is 0 Å². The van der Waals surface area contributed by atoms with E-state index >= 15 is 0 Å². The van der Waals surface area contributed by atoms with Crippen molar-refractivity contribution in [1.29, 1.82) is 0 Å². The number of carboxylic acid groups (broad SMARTS) is 1.